The minimum Gasteiger partial charge on any atom is -0.274 e. The predicted molar refractivity (Wildman–Crippen MR) is 67.7 cm³/mol. The molecule has 2 amide bonds. The van der Waals surface area contributed by atoms with E-state index >= 15 is 0 Å². The maximum Gasteiger partial charge on any atom is 0.239 e. The molecule has 0 N–H and O–H groups in total. The van der Waals surface area contributed by atoms with Crippen LogP contribution in [0.3, 0.4) is 0 Å². The largest absolute Gasteiger partial charge is 0.274 e. The van der Waals surface area contributed by atoms with Crippen molar-refractivity contribution < 1.29 is 9.59 Å². The number of hydrogen-bond acceptors (Lipinski definition) is 4. The summed E-state index contributed by atoms with van der Waals surface area (Å²) in [4.78, 5) is 29.7. The molecule has 2 heterocycles. The number of rotatable bonds is 1. The van der Waals surface area contributed by atoms with Crippen molar-refractivity contribution in [2.45, 2.75) is 12.8 Å². The normalized spacial score (nSPS) is 27.7. The van der Waals surface area contributed by atoms with Crippen molar-refractivity contribution >= 4 is 44.2 Å². The highest BCUT2D eigenvalue weighted by Gasteiger charge is 2.48. The summed E-state index contributed by atoms with van der Waals surface area (Å²) in [6.45, 7) is 0. The summed E-state index contributed by atoms with van der Waals surface area (Å²) in [7, 11) is 0. The highest BCUT2D eigenvalue weighted by molar-refractivity contribution is 9.11. The number of thiazole rings is 1. The van der Waals surface area contributed by atoms with Crippen LogP contribution in [0.2, 0.25) is 0 Å². The van der Waals surface area contributed by atoms with Crippen molar-refractivity contribution in [2.24, 2.45) is 11.8 Å². The molecular formula is C11H9BrN2O2S. The molecule has 0 saturated carbocycles. The lowest BCUT2D eigenvalue weighted by Crippen LogP contribution is -2.30. The van der Waals surface area contributed by atoms with Gasteiger partial charge in [0, 0.05) is 0 Å². The number of carbonyl (C=O) groups excluding carboxylic acids is 2. The molecule has 0 bridgehead atoms. The van der Waals surface area contributed by atoms with Gasteiger partial charge in [-0.1, -0.05) is 23.5 Å². The molecule has 0 spiro atoms. The van der Waals surface area contributed by atoms with E-state index in [1.165, 1.54) is 16.2 Å². The molecule has 4 nitrogen and oxygen atoms in total. The second kappa shape index (κ2) is 4.03. The zero-order chi connectivity index (χ0) is 12.0. The molecular weight excluding hydrogens is 304 g/mol. The average molecular weight is 313 g/mol. The highest BCUT2D eigenvalue weighted by Crippen LogP contribution is 2.39. The van der Waals surface area contributed by atoms with E-state index in [1.54, 1.807) is 6.20 Å². The number of allylic oxidation sites excluding steroid dienone is 2. The molecule has 0 unspecified atom stereocenters. The second-order valence-corrected chi connectivity index (χ2v) is 6.50. The number of imide groups is 1. The van der Waals surface area contributed by atoms with Crippen LogP contribution in [0, 0.1) is 11.8 Å². The van der Waals surface area contributed by atoms with Gasteiger partial charge in [-0.15, -0.1) is 0 Å². The van der Waals surface area contributed by atoms with Crippen LogP contribution >= 0.6 is 27.3 Å². The van der Waals surface area contributed by atoms with Gasteiger partial charge in [0.25, 0.3) is 0 Å². The second-order valence-electron chi connectivity index (χ2n) is 4.11. The summed E-state index contributed by atoms with van der Waals surface area (Å²) in [6, 6.07) is 0. The van der Waals surface area contributed by atoms with Crippen molar-refractivity contribution in [2.75, 3.05) is 4.90 Å². The van der Waals surface area contributed by atoms with Crippen LogP contribution in [0.25, 0.3) is 0 Å². The standard InChI is InChI=1S/C11H9BrN2O2S/c12-8-5-13-11(17-8)14-9(15)6-3-1-2-4-7(6)10(14)16/h1-2,5-7H,3-4H2/t6-,7+. The average Bonchev–Trinajstić information content (AvgIpc) is 2.84. The number of hydrogen-bond donors (Lipinski definition) is 0. The summed E-state index contributed by atoms with van der Waals surface area (Å²) in [5.41, 5.74) is 0. The predicted octanol–water partition coefficient (Wildman–Crippen LogP) is 2.36. The van der Waals surface area contributed by atoms with Crippen LogP contribution in [0.1, 0.15) is 12.8 Å². The van der Waals surface area contributed by atoms with Gasteiger partial charge in [0.05, 0.1) is 21.8 Å². The Kier molecular flexibility index (Phi) is 2.63. The molecule has 88 valence electrons. The Labute approximate surface area is 110 Å². The van der Waals surface area contributed by atoms with E-state index in [-0.39, 0.29) is 23.7 Å². The fourth-order valence-electron chi connectivity index (χ4n) is 2.34. The Morgan fingerprint density at radius 2 is 1.82 bits per heavy atom. The van der Waals surface area contributed by atoms with Gasteiger partial charge in [-0.05, 0) is 28.8 Å². The molecule has 1 saturated heterocycles. The summed E-state index contributed by atoms with van der Waals surface area (Å²) < 4.78 is 0.820. The first kappa shape index (κ1) is 11.1. The first-order valence-electron chi connectivity index (χ1n) is 5.32. The van der Waals surface area contributed by atoms with Gasteiger partial charge in [-0.3, -0.25) is 9.59 Å². The van der Waals surface area contributed by atoms with Gasteiger partial charge in [0.1, 0.15) is 0 Å². The van der Waals surface area contributed by atoms with Gasteiger partial charge >= 0.3 is 0 Å². The molecule has 0 radical (unpaired) electrons. The fraction of sp³-hybridized carbons (Fsp3) is 0.364. The number of anilines is 1. The molecule has 2 aliphatic rings. The fourth-order valence-corrected chi connectivity index (χ4v) is 3.53. The van der Waals surface area contributed by atoms with Gasteiger partial charge in [-0.25, -0.2) is 9.88 Å². The number of aromatic nitrogens is 1. The Morgan fingerprint density at radius 3 is 2.29 bits per heavy atom. The third-order valence-electron chi connectivity index (χ3n) is 3.16. The number of halogens is 1. The molecule has 1 fully saturated rings. The molecule has 6 heteroatoms. The molecule has 1 aromatic heterocycles. The van der Waals surface area contributed by atoms with Gasteiger partial charge < -0.3 is 0 Å². The maximum atomic E-state index is 12.2. The van der Waals surface area contributed by atoms with Gasteiger partial charge in [0.15, 0.2) is 5.13 Å². The van der Waals surface area contributed by atoms with E-state index in [2.05, 4.69) is 20.9 Å². The van der Waals surface area contributed by atoms with E-state index in [9.17, 15) is 9.59 Å². The van der Waals surface area contributed by atoms with Gasteiger partial charge in [-0.2, -0.15) is 0 Å². The summed E-state index contributed by atoms with van der Waals surface area (Å²) in [5.74, 6) is -0.581. The number of nitrogens with zero attached hydrogens (tertiary/aromatic N) is 2. The quantitative estimate of drug-likeness (QED) is 0.591. The van der Waals surface area contributed by atoms with Crippen LogP contribution < -0.4 is 4.90 Å². The molecule has 1 aliphatic carbocycles. The van der Waals surface area contributed by atoms with Crippen LogP contribution in [0.5, 0.6) is 0 Å². The summed E-state index contributed by atoms with van der Waals surface area (Å²) in [6.07, 6.45) is 6.90. The lowest BCUT2D eigenvalue weighted by Gasteiger charge is -2.14. The summed E-state index contributed by atoms with van der Waals surface area (Å²) >= 11 is 4.60. The molecule has 1 aromatic rings. The Morgan fingerprint density at radius 1 is 1.24 bits per heavy atom. The minimum atomic E-state index is -0.185. The van der Waals surface area contributed by atoms with Crippen LogP contribution in [-0.4, -0.2) is 16.8 Å². The van der Waals surface area contributed by atoms with Crippen LogP contribution in [0.4, 0.5) is 5.13 Å². The number of fused-ring (bicyclic) bond motifs is 1. The lowest BCUT2D eigenvalue weighted by atomic mass is 9.85. The lowest BCUT2D eigenvalue weighted by molar-refractivity contribution is -0.122. The third-order valence-corrected chi connectivity index (χ3v) is 4.63. The molecule has 1 aliphatic heterocycles. The zero-order valence-electron chi connectivity index (χ0n) is 8.80. The first-order valence-corrected chi connectivity index (χ1v) is 6.93. The minimum absolute atomic E-state index is 0.105. The molecule has 17 heavy (non-hydrogen) atoms. The van der Waals surface area contributed by atoms with Crippen LogP contribution in [-0.2, 0) is 9.59 Å². The maximum absolute atomic E-state index is 12.2. The topological polar surface area (TPSA) is 50.3 Å². The van der Waals surface area contributed by atoms with E-state index in [4.69, 9.17) is 0 Å². The van der Waals surface area contributed by atoms with Gasteiger partial charge in [0.2, 0.25) is 11.8 Å². The third kappa shape index (κ3) is 1.66. The van der Waals surface area contributed by atoms with Crippen molar-refractivity contribution in [1.29, 1.82) is 0 Å². The van der Waals surface area contributed by atoms with E-state index in [0.29, 0.717) is 18.0 Å². The van der Waals surface area contributed by atoms with Crippen molar-refractivity contribution in [3.05, 3.63) is 22.1 Å². The van der Waals surface area contributed by atoms with E-state index in [1.807, 2.05) is 12.2 Å². The van der Waals surface area contributed by atoms with E-state index in [0.717, 1.165) is 3.79 Å². The smallest absolute Gasteiger partial charge is 0.239 e. The zero-order valence-corrected chi connectivity index (χ0v) is 11.2. The number of carbonyl (C=O) groups is 2. The molecule has 3 rings (SSSR count). The van der Waals surface area contributed by atoms with E-state index < -0.39 is 0 Å². The first-order chi connectivity index (χ1) is 8.18. The Balaban J connectivity index is 1.97. The van der Waals surface area contributed by atoms with Crippen molar-refractivity contribution in [3.63, 3.8) is 0 Å². The highest BCUT2D eigenvalue weighted by atomic mass is 79.9. The molecule has 2 atom stereocenters. The Bertz CT molecular complexity index is 499. The monoisotopic (exact) mass is 312 g/mol. The SMILES string of the molecule is O=C1[C@H]2CC=CC[C@H]2C(=O)N1c1ncc(Br)s1. The number of amides is 2. The van der Waals surface area contributed by atoms with Crippen molar-refractivity contribution in [3.8, 4) is 0 Å². The summed E-state index contributed by atoms with van der Waals surface area (Å²) in [5, 5.41) is 0.473. The molecule has 0 aromatic carbocycles. The van der Waals surface area contributed by atoms with Crippen LogP contribution in [0.15, 0.2) is 22.1 Å². The Hall–Kier alpha value is -1.01. The van der Waals surface area contributed by atoms with Crippen molar-refractivity contribution in [1.82, 2.24) is 4.98 Å².